The van der Waals surface area contributed by atoms with Crippen molar-refractivity contribution >= 4 is 11.5 Å². The van der Waals surface area contributed by atoms with Crippen LogP contribution in [0.15, 0.2) is 0 Å². The van der Waals surface area contributed by atoms with Crippen molar-refractivity contribution in [3.63, 3.8) is 0 Å². The maximum atomic E-state index is 12.6. The average Bonchev–Trinajstić information content (AvgIpc) is 2.66. The Morgan fingerprint density at radius 2 is 1.76 bits per heavy atom. The van der Waals surface area contributed by atoms with Crippen LogP contribution in [0, 0.1) is 13.8 Å². The lowest BCUT2D eigenvalue weighted by Gasteiger charge is -2.09. The minimum Gasteiger partial charge on any atom is -0.371 e. The van der Waals surface area contributed by atoms with E-state index in [9.17, 15) is 13.2 Å². The van der Waals surface area contributed by atoms with Crippen LogP contribution in [-0.4, -0.2) is 26.9 Å². The third-order valence-corrected chi connectivity index (χ3v) is 2.58. The number of alkyl halides is 3. The van der Waals surface area contributed by atoms with Gasteiger partial charge in [0.15, 0.2) is 5.65 Å². The van der Waals surface area contributed by atoms with E-state index in [0.717, 1.165) is 5.56 Å². The Hall–Kier alpha value is -1.86. The topological polar surface area (TPSA) is 55.1 Å². The molecule has 5 nitrogen and oxygen atoms in total. The average molecular weight is 245 g/mol. The van der Waals surface area contributed by atoms with Gasteiger partial charge in [-0.05, 0) is 19.4 Å². The Labute approximate surface area is 94.7 Å². The zero-order chi connectivity index (χ0) is 12.8. The Morgan fingerprint density at radius 3 is 2.29 bits per heavy atom. The van der Waals surface area contributed by atoms with Crippen LogP contribution in [0.1, 0.15) is 17.0 Å². The monoisotopic (exact) mass is 245 g/mol. The first-order valence-electron chi connectivity index (χ1n) is 4.83. The van der Waals surface area contributed by atoms with Crippen molar-refractivity contribution < 1.29 is 13.2 Å². The number of hydrogen-bond acceptors (Lipinski definition) is 4. The van der Waals surface area contributed by atoms with Gasteiger partial charge in [-0.2, -0.15) is 17.7 Å². The summed E-state index contributed by atoms with van der Waals surface area (Å²) in [5.74, 6) is -0.743. The predicted octanol–water partition coefficient (Wildman–Crippen LogP) is 1.80. The molecular weight excluding hydrogens is 235 g/mol. The zero-order valence-electron chi connectivity index (χ0n) is 9.42. The van der Waals surface area contributed by atoms with Crippen molar-refractivity contribution in [1.82, 2.24) is 19.8 Å². The molecule has 0 bridgehead atoms. The van der Waals surface area contributed by atoms with Gasteiger partial charge in [-0.15, -0.1) is 15.3 Å². The smallest absolute Gasteiger partial charge is 0.371 e. The largest absolute Gasteiger partial charge is 0.453 e. The van der Waals surface area contributed by atoms with Crippen LogP contribution >= 0.6 is 0 Å². The molecule has 2 heterocycles. The second-order valence-electron chi connectivity index (χ2n) is 3.61. The lowest BCUT2D eigenvalue weighted by atomic mass is 10.2. The van der Waals surface area contributed by atoms with Gasteiger partial charge in [-0.1, -0.05) is 0 Å². The number of aromatic nitrogens is 4. The molecule has 2 aromatic heterocycles. The summed E-state index contributed by atoms with van der Waals surface area (Å²) in [5, 5.41) is 13.2. The molecule has 0 spiro atoms. The van der Waals surface area contributed by atoms with Gasteiger partial charge in [0.1, 0.15) is 5.82 Å². The van der Waals surface area contributed by atoms with Crippen LogP contribution in [0.2, 0.25) is 0 Å². The first kappa shape index (κ1) is 11.6. The Bertz CT molecular complexity index is 572. The van der Waals surface area contributed by atoms with Crippen molar-refractivity contribution in [3.05, 3.63) is 17.0 Å². The molecule has 2 aromatic rings. The highest BCUT2D eigenvalue weighted by molar-refractivity contribution is 5.57. The Morgan fingerprint density at radius 1 is 1.12 bits per heavy atom. The van der Waals surface area contributed by atoms with Crippen molar-refractivity contribution in [2.75, 3.05) is 12.4 Å². The Balaban J connectivity index is 2.82. The fourth-order valence-electron chi connectivity index (χ4n) is 1.54. The molecule has 0 saturated carbocycles. The van der Waals surface area contributed by atoms with Crippen LogP contribution in [0.5, 0.6) is 0 Å². The SMILES string of the molecule is CNc1nn2c(C(F)(F)F)nnc2c(C)c1C. The van der Waals surface area contributed by atoms with Gasteiger partial charge in [0, 0.05) is 12.6 Å². The molecule has 0 radical (unpaired) electrons. The molecule has 1 N–H and O–H groups in total. The molecule has 2 rings (SSSR count). The van der Waals surface area contributed by atoms with E-state index in [1.807, 2.05) is 0 Å². The number of rotatable bonds is 1. The molecular formula is C9H10F3N5. The van der Waals surface area contributed by atoms with Crippen molar-refractivity contribution in [2.45, 2.75) is 20.0 Å². The maximum Gasteiger partial charge on any atom is 0.453 e. The van der Waals surface area contributed by atoms with E-state index in [4.69, 9.17) is 0 Å². The lowest BCUT2D eigenvalue weighted by molar-refractivity contribution is -0.146. The second kappa shape index (κ2) is 3.57. The Kier molecular flexibility index (Phi) is 2.44. The summed E-state index contributed by atoms with van der Waals surface area (Å²) in [7, 11) is 1.60. The number of fused-ring (bicyclic) bond motifs is 1. The highest BCUT2D eigenvalue weighted by Crippen LogP contribution is 2.29. The van der Waals surface area contributed by atoms with Crippen LogP contribution in [0.25, 0.3) is 5.65 Å². The number of nitrogens with zero attached hydrogens (tertiary/aromatic N) is 4. The van der Waals surface area contributed by atoms with Crippen molar-refractivity contribution in [3.8, 4) is 0 Å². The normalized spacial score (nSPS) is 12.1. The number of halogens is 3. The first-order chi connectivity index (χ1) is 7.86. The molecule has 0 amide bonds. The van der Waals surface area contributed by atoms with Crippen molar-refractivity contribution in [2.24, 2.45) is 0 Å². The van der Waals surface area contributed by atoms with Crippen LogP contribution < -0.4 is 5.32 Å². The minimum absolute atomic E-state index is 0.119. The molecule has 0 aliphatic carbocycles. The van der Waals surface area contributed by atoms with Gasteiger partial charge >= 0.3 is 6.18 Å². The molecule has 8 heteroatoms. The number of hydrogen-bond donors (Lipinski definition) is 1. The van der Waals surface area contributed by atoms with Gasteiger partial charge in [-0.3, -0.25) is 0 Å². The van der Waals surface area contributed by atoms with E-state index in [0.29, 0.717) is 15.9 Å². The zero-order valence-corrected chi connectivity index (χ0v) is 9.42. The highest BCUT2D eigenvalue weighted by Gasteiger charge is 2.38. The van der Waals surface area contributed by atoms with E-state index in [1.54, 1.807) is 20.9 Å². The van der Waals surface area contributed by atoms with Gasteiger partial charge < -0.3 is 5.32 Å². The third-order valence-electron chi connectivity index (χ3n) is 2.58. The van der Waals surface area contributed by atoms with Crippen molar-refractivity contribution in [1.29, 1.82) is 0 Å². The third kappa shape index (κ3) is 1.69. The molecule has 0 unspecified atom stereocenters. The highest BCUT2D eigenvalue weighted by atomic mass is 19.4. The van der Waals surface area contributed by atoms with E-state index in [-0.39, 0.29) is 5.65 Å². The summed E-state index contributed by atoms with van der Waals surface area (Å²) in [6.45, 7) is 3.44. The lowest BCUT2D eigenvalue weighted by Crippen LogP contribution is -2.14. The van der Waals surface area contributed by atoms with E-state index < -0.39 is 12.0 Å². The van der Waals surface area contributed by atoms with Gasteiger partial charge in [0.05, 0.1) is 0 Å². The molecule has 0 aliphatic rings. The minimum atomic E-state index is -4.57. The quantitative estimate of drug-likeness (QED) is 0.832. The first-order valence-corrected chi connectivity index (χ1v) is 4.83. The van der Waals surface area contributed by atoms with Gasteiger partial charge in [0.25, 0.3) is 5.82 Å². The van der Waals surface area contributed by atoms with Crippen LogP contribution in [0.4, 0.5) is 19.0 Å². The fourth-order valence-corrected chi connectivity index (χ4v) is 1.54. The molecule has 17 heavy (non-hydrogen) atoms. The summed E-state index contributed by atoms with van der Waals surface area (Å²) < 4.78 is 38.6. The maximum absolute atomic E-state index is 12.6. The van der Waals surface area contributed by atoms with E-state index >= 15 is 0 Å². The standard InChI is InChI=1S/C9H10F3N5/c1-4-5(2)7-14-15-8(9(10,11)12)17(7)16-6(4)13-3/h1-3H3,(H,13,16). The summed E-state index contributed by atoms with van der Waals surface area (Å²) in [6.07, 6.45) is -4.57. The fraction of sp³-hybridized carbons (Fsp3) is 0.444. The number of anilines is 1. The summed E-state index contributed by atoms with van der Waals surface area (Å²) >= 11 is 0. The second-order valence-corrected chi connectivity index (χ2v) is 3.61. The summed E-state index contributed by atoms with van der Waals surface area (Å²) in [4.78, 5) is 0. The molecule has 0 aromatic carbocycles. The van der Waals surface area contributed by atoms with Gasteiger partial charge in [-0.25, -0.2) is 0 Å². The molecule has 0 fully saturated rings. The molecule has 0 aliphatic heterocycles. The summed E-state index contributed by atoms with van der Waals surface area (Å²) in [5.41, 5.74) is 1.49. The van der Waals surface area contributed by atoms with E-state index in [1.165, 1.54) is 0 Å². The molecule has 0 saturated heterocycles. The molecule has 92 valence electrons. The van der Waals surface area contributed by atoms with Gasteiger partial charge in [0.2, 0.25) is 0 Å². The summed E-state index contributed by atoms with van der Waals surface area (Å²) in [6, 6.07) is 0. The number of aryl methyl sites for hydroxylation is 1. The van der Waals surface area contributed by atoms with Crippen LogP contribution in [-0.2, 0) is 6.18 Å². The number of nitrogens with one attached hydrogen (secondary N) is 1. The van der Waals surface area contributed by atoms with Crippen LogP contribution in [0.3, 0.4) is 0 Å². The predicted molar refractivity (Wildman–Crippen MR) is 54.8 cm³/mol. The van der Waals surface area contributed by atoms with E-state index in [2.05, 4.69) is 20.6 Å². The molecule has 0 atom stereocenters.